The third-order valence-electron chi connectivity index (χ3n) is 6.14. The van der Waals surface area contributed by atoms with E-state index in [9.17, 15) is 32.6 Å². The first-order valence-electron chi connectivity index (χ1n) is 9.80. The zero-order valence-electron chi connectivity index (χ0n) is 17.5. The maximum absolute atomic E-state index is 13.9. The number of aromatic hydroxyl groups is 1. The molecule has 1 aliphatic carbocycles. The molecule has 0 bridgehead atoms. The molecule has 1 aliphatic heterocycles. The van der Waals surface area contributed by atoms with Gasteiger partial charge in [0, 0.05) is 16.8 Å². The number of allylic oxidation sites excluding steroid dienone is 2. The molecule has 1 fully saturated rings. The topological polar surface area (TPSA) is 83.1 Å². The summed E-state index contributed by atoms with van der Waals surface area (Å²) < 4.78 is 60.5. The number of hydrogen-bond donors (Lipinski definition) is 3. The molecule has 1 heterocycles. The average molecular weight is 444 g/mol. The Morgan fingerprint density at radius 1 is 1.26 bits per heavy atom. The summed E-state index contributed by atoms with van der Waals surface area (Å²) in [5.74, 6) is -1.17. The van der Waals surface area contributed by atoms with Gasteiger partial charge in [0.15, 0.2) is 11.0 Å². The van der Waals surface area contributed by atoms with Gasteiger partial charge in [-0.3, -0.25) is 0 Å². The van der Waals surface area contributed by atoms with Gasteiger partial charge in [0.05, 0.1) is 6.54 Å². The van der Waals surface area contributed by atoms with Crippen molar-refractivity contribution in [3.63, 3.8) is 0 Å². The number of phenols is 1. The van der Waals surface area contributed by atoms with Crippen molar-refractivity contribution in [1.82, 2.24) is 5.32 Å². The zero-order valence-corrected chi connectivity index (χ0v) is 17.5. The van der Waals surface area contributed by atoms with Gasteiger partial charge in [0.1, 0.15) is 11.6 Å². The lowest BCUT2D eigenvalue weighted by Crippen LogP contribution is -2.55. The molecule has 3 rings (SSSR count). The standard InChI is InChI=1S/C22H25F4NO4/c1-19(2,16-9-14(23)4-5-17(16)28)11-21(30,22(24,25)26)12-27-15-6-7-20(3)13(8-15)10-31-18(20)29/h4-6,8-9,27-28,30H,7,10-12H2,1-3H3/p+1. The van der Waals surface area contributed by atoms with Gasteiger partial charge in [0.2, 0.25) is 6.61 Å². The number of ether oxygens (including phenoxy) is 1. The molecule has 2 aliphatic rings. The molecule has 0 spiro atoms. The van der Waals surface area contributed by atoms with Crippen LogP contribution in [0.5, 0.6) is 5.75 Å². The van der Waals surface area contributed by atoms with E-state index < -0.39 is 41.4 Å². The normalized spacial score (nSPS) is 23.4. The number of carbonyl (C=O) groups excluding carboxylic acids is 1. The van der Waals surface area contributed by atoms with Crippen LogP contribution < -0.4 is 5.32 Å². The summed E-state index contributed by atoms with van der Waals surface area (Å²) in [7, 11) is 0. The third kappa shape index (κ3) is 4.28. The maximum atomic E-state index is 13.9. The number of cyclic esters (lactones) is 1. The molecule has 2 atom stereocenters. The van der Waals surface area contributed by atoms with E-state index in [0.717, 1.165) is 23.8 Å². The van der Waals surface area contributed by atoms with Crippen molar-refractivity contribution in [3.8, 4) is 5.75 Å². The zero-order chi connectivity index (χ0) is 23.2. The van der Waals surface area contributed by atoms with Crippen LogP contribution in [0.2, 0.25) is 0 Å². The summed E-state index contributed by atoms with van der Waals surface area (Å²) in [6.07, 6.45) is -2.23. The van der Waals surface area contributed by atoms with Crippen LogP contribution in [-0.2, 0) is 10.2 Å². The van der Waals surface area contributed by atoms with Crippen molar-refractivity contribution < 1.29 is 37.3 Å². The van der Waals surface area contributed by atoms with Crippen molar-refractivity contribution in [1.29, 1.82) is 0 Å². The average Bonchev–Trinajstić information content (AvgIpc) is 2.95. The fourth-order valence-electron chi connectivity index (χ4n) is 4.09. The van der Waals surface area contributed by atoms with E-state index in [4.69, 9.17) is 4.74 Å². The van der Waals surface area contributed by atoms with Gasteiger partial charge in [-0.25, -0.2) is 4.39 Å². The highest BCUT2D eigenvalue weighted by atomic mass is 19.4. The van der Waals surface area contributed by atoms with E-state index in [0.29, 0.717) is 12.1 Å². The van der Waals surface area contributed by atoms with E-state index >= 15 is 0 Å². The number of hydrogen-bond acceptors (Lipinski definition) is 4. The van der Waals surface area contributed by atoms with Crippen LogP contribution in [0, 0.1) is 11.2 Å². The Labute approximate surface area is 177 Å². The highest BCUT2D eigenvalue weighted by molar-refractivity contribution is 5.85. The molecule has 1 aromatic carbocycles. The molecule has 0 radical (unpaired) electrons. The van der Waals surface area contributed by atoms with Gasteiger partial charge in [-0.05, 0) is 49.5 Å². The number of rotatable bonds is 6. The van der Waals surface area contributed by atoms with E-state index in [1.165, 1.54) is 13.8 Å². The van der Waals surface area contributed by atoms with Crippen LogP contribution in [0.4, 0.5) is 17.6 Å². The van der Waals surface area contributed by atoms with E-state index in [1.807, 2.05) is 0 Å². The highest BCUT2D eigenvalue weighted by Gasteiger charge is 2.56. The van der Waals surface area contributed by atoms with Crippen molar-refractivity contribution in [2.24, 2.45) is 5.41 Å². The Hall–Kier alpha value is -2.55. The summed E-state index contributed by atoms with van der Waals surface area (Å²) in [4.78, 5) is 9.88. The summed E-state index contributed by atoms with van der Waals surface area (Å²) in [6, 6.07) is 3.05. The Morgan fingerprint density at radius 3 is 2.58 bits per heavy atom. The molecule has 2 unspecified atom stereocenters. The summed E-state index contributed by atoms with van der Waals surface area (Å²) in [6.45, 7) is 3.87. The number of alkyl halides is 3. The first kappa shape index (κ1) is 23.1. The first-order chi connectivity index (χ1) is 14.2. The maximum Gasteiger partial charge on any atom is 0.493 e. The predicted molar refractivity (Wildman–Crippen MR) is 107 cm³/mol. The van der Waals surface area contributed by atoms with Crippen molar-refractivity contribution in [3.05, 3.63) is 53.0 Å². The number of aliphatic hydroxyl groups is 1. The second-order valence-electron chi connectivity index (χ2n) is 9.06. The van der Waals surface area contributed by atoms with Gasteiger partial charge in [-0.1, -0.05) is 19.9 Å². The molecule has 0 amide bonds. The Bertz CT molecular complexity index is 953. The Morgan fingerprint density at radius 2 is 1.94 bits per heavy atom. The SMILES string of the molecule is CC12CC=C(NCC(O)(CC(C)(C)c3cc(F)ccc3O)C(F)(F)F)C=C1COC2=[OH+]. The minimum absolute atomic E-state index is 0.0286. The first-order valence-corrected chi connectivity index (χ1v) is 9.80. The van der Waals surface area contributed by atoms with Gasteiger partial charge < -0.3 is 25.1 Å². The van der Waals surface area contributed by atoms with Crippen LogP contribution in [0.3, 0.4) is 0 Å². The van der Waals surface area contributed by atoms with Crippen molar-refractivity contribution in [2.75, 3.05) is 13.2 Å². The van der Waals surface area contributed by atoms with Crippen LogP contribution in [0.15, 0.2) is 41.6 Å². The quantitative estimate of drug-likeness (QED) is 0.354. The second kappa shape index (κ2) is 7.55. The minimum Gasteiger partial charge on any atom is -0.508 e. The Kier molecular flexibility index (Phi) is 5.63. The lowest BCUT2D eigenvalue weighted by molar-refractivity contribution is -0.264. The largest absolute Gasteiger partial charge is 0.508 e. The van der Waals surface area contributed by atoms with Crippen LogP contribution in [0.1, 0.15) is 39.2 Å². The number of fused-ring (bicyclic) bond motifs is 1. The smallest absolute Gasteiger partial charge is 0.493 e. The van der Waals surface area contributed by atoms with Gasteiger partial charge in [0.25, 0.3) is 0 Å². The van der Waals surface area contributed by atoms with Crippen LogP contribution in [0.25, 0.3) is 0 Å². The lowest BCUT2D eigenvalue weighted by atomic mass is 9.74. The van der Waals surface area contributed by atoms with E-state index in [2.05, 4.69) is 5.32 Å². The molecule has 31 heavy (non-hydrogen) atoms. The van der Waals surface area contributed by atoms with E-state index in [-0.39, 0.29) is 23.9 Å². The molecule has 1 aromatic rings. The molecule has 5 nitrogen and oxygen atoms in total. The van der Waals surface area contributed by atoms with Crippen molar-refractivity contribution in [2.45, 2.75) is 50.8 Å². The fourth-order valence-corrected chi connectivity index (χ4v) is 4.09. The Balaban J connectivity index is 1.81. The van der Waals surface area contributed by atoms with Crippen molar-refractivity contribution >= 4 is 5.97 Å². The number of benzene rings is 1. The van der Waals surface area contributed by atoms with Crippen LogP contribution >= 0.6 is 0 Å². The molecule has 9 heteroatoms. The molecule has 0 aromatic heterocycles. The van der Waals surface area contributed by atoms with Crippen LogP contribution in [-0.4, -0.2) is 45.9 Å². The summed E-state index contributed by atoms with van der Waals surface area (Å²) in [5, 5.41) is 23.3. The summed E-state index contributed by atoms with van der Waals surface area (Å²) >= 11 is 0. The number of esters is 1. The minimum atomic E-state index is -4.99. The molecule has 0 saturated carbocycles. The molecule has 4 N–H and O–H groups in total. The molecular weight excluding hydrogens is 418 g/mol. The fraction of sp³-hybridized carbons (Fsp3) is 0.500. The molecule has 170 valence electrons. The molecule has 1 saturated heterocycles. The van der Waals surface area contributed by atoms with Gasteiger partial charge in [-0.15, -0.1) is 0 Å². The second-order valence-corrected chi connectivity index (χ2v) is 9.06. The lowest BCUT2D eigenvalue weighted by Gasteiger charge is -2.38. The number of nitrogens with one attached hydrogen (secondary N) is 1. The predicted octanol–water partition coefficient (Wildman–Crippen LogP) is 3.83. The number of phenolic OH excluding ortho intramolecular Hbond substituents is 1. The monoisotopic (exact) mass is 444 g/mol. The molecular formula is C22H26F4NO4+. The van der Waals surface area contributed by atoms with E-state index in [1.54, 1.807) is 19.1 Å². The summed E-state index contributed by atoms with van der Waals surface area (Å²) in [5.41, 5.74) is -4.19. The third-order valence-corrected chi connectivity index (χ3v) is 6.14. The van der Waals surface area contributed by atoms with Gasteiger partial charge >= 0.3 is 12.1 Å². The van der Waals surface area contributed by atoms with Gasteiger partial charge in [-0.2, -0.15) is 13.2 Å². The number of halogens is 4. The highest BCUT2D eigenvalue weighted by Crippen LogP contribution is 2.44.